The van der Waals surface area contributed by atoms with Crippen molar-refractivity contribution in [3.63, 3.8) is 0 Å². The smallest absolute Gasteiger partial charge is 0.128 e. The lowest BCUT2D eigenvalue weighted by atomic mass is 10.2. The number of anilines is 1. The Bertz CT molecular complexity index is 448. The van der Waals surface area contributed by atoms with E-state index in [4.69, 9.17) is 4.42 Å². The molecule has 0 amide bonds. The van der Waals surface area contributed by atoms with Crippen LogP contribution in [0.1, 0.15) is 18.7 Å². The van der Waals surface area contributed by atoms with E-state index >= 15 is 0 Å². The second kappa shape index (κ2) is 4.35. The summed E-state index contributed by atoms with van der Waals surface area (Å²) in [7, 11) is 0. The monoisotopic (exact) mass is 223 g/mol. The van der Waals surface area contributed by atoms with Crippen molar-refractivity contribution in [3.05, 3.63) is 54.0 Å². The number of furan rings is 1. The number of halogens is 2. The second-order valence-corrected chi connectivity index (χ2v) is 3.54. The van der Waals surface area contributed by atoms with Crippen LogP contribution in [-0.2, 0) is 0 Å². The fourth-order valence-corrected chi connectivity index (χ4v) is 1.50. The van der Waals surface area contributed by atoms with Crippen molar-refractivity contribution >= 4 is 5.69 Å². The zero-order valence-electron chi connectivity index (χ0n) is 8.71. The summed E-state index contributed by atoms with van der Waals surface area (Å²) in [6, 6.07) is 6.73. The minimum atomic E-state index is -0.603. The molecule has 0 bridgehead atoms. The molecule has 1 aromatic carbocycles. The fraction of sp³-hybridized carbons (Fsp3) is 0.167. The van der Waals surface area contributed by atoms with Crippen LogP contribution in [0.25, 0.3) is 0 Å². The van der Waals surface area contributed by atoms with Crippen molar-refractivity contribution in [2.24, 2.45) is 0 Å². The van der Waals surface area contributed by atoms with Gasteiger partial charge in [-0.2, -0.15) is 0 Å². The highest BCUT2D eigenvalue weighted by Crippen LogP contribution is 2.20. The molecule has 0 radical (unpaired) electrons. The van der Waals surface area contributed by atoms with Crippen LogP contribution in [0.4, 0.5) is 14.5 Å². The molecule has 4 heteroatoms. The molecule has 0 fully saturated rings. The van der Waals surface area contributed by atoms with Crippen molar-refractivity contribution in [2.45, 2.75) is 13.0 Å². The third kappa shape index (κ3) is 2.39. The molecule has 1 unspecified atom stereocenters. The van der Waals surface area contributed by atoms with Gasteiger partial charge in [0.25, 0.3) is 0 Å². The summed E-state index contributed by atoms with van der Waals surface area (Å²) >= 11 is 0. The van der Waals surface area contributed by atoms with E-state index in [-0.39, 0.29) is 6.04 Å². The Morgan fingerprint density at radius 1 is 1.19 bits per heavy atom. The molecule has 16 heavy (non-hydrogen) atoms. The summed E-state index contributed by atoms with van der Waals surface area (Å²) < 4.78 is 31.0. The predicted octanol–water partition coefficient (Wildman–Crippen LogP) is 3.73. The maximum atomic E-state index is 12.9. The molecule has 2 nitrogen and oxygen atoms in total. The van der Waals surface area contributed by atoms with E-state index in [1.54, 1.807) is 18.4 Å². The van der Waals surface area contributed by atoms with E-state index in [1.165, 1.54) is 12.1 Å². The van der Waals surface area contributed by atoms with E-state index < -0.39 is 11.6 Å². The Balaban J connectivity index is 2.15. The lowest BCUT2D eigenvalue weighted by Crippen LogP contribution is -2.05. The maximum absolute atomic E-state index is 12.9. The Kier molecular flexibility index (Phi) is 2.90. The summed E-state index contributed by atoms with van der Waals surface area (Å²) in [4.78, 5) is 0. The number of nitrogens with one attached hydrogen (secondary N) is 1. The maximum Gasteiger partial charge on any atom is 0.128 e. The summed E-state index contributed by atoms with van der Waals surface area (Å²) in [6.07, 6.45) is 1.56. The Labute approximate surface area is 91.9 Å². The fourth-order valence-electron chi connectivity index (χ4n) is 1.50. The van der Waals surface area contributed by atoms with Gasteiger partial charge in [-0.05, 0) is 31.2 Å². The first-order chi connectivity index (χ1) is 7.65. The summed E-state index contributed by atoms with van der Waals surface area (Å²) in [5, 5.41) is 2.95. The molecule has 2 rings (SSSR count). The van der Waals surface area contributed by atoms with Crippen LogP contribution in [-0.4, -0.2) is 0 Å². The summed E-state index contributed by atoms with van der Waals surface area (Å²) in [5.74, 6) is -0.493. The van der Waals surface area contributed by atoms with Gasteiger partial charge in [-0.3, -0.25) is 0 Å². The van der Waals surface area contributed by atoms with Gasteiger partial charge in [-0.25, -0.2) is 8.78 Å². The number of hydrogen-bond acceptors (Lipinski definition) is 2. The molecule has 1 aromatic heterocycles. The molecule has 1 atom stereocenters. The van der Waals surface area contributed by atoms with Gasteiger partial charge in [0.15, 0.2) is 0 Å². The SMILES string of the molecule is CC(Nc1cc(F)cc(F)c1)c1ccco1. The van der Waals surface area contributed by atoms with Crippen molar-refractivity contribution in [3.8, 4) is 0 Å². The lowest BCUT2D eigenvalue weighted by molar-refractivity contribution is 0.490. The molecular formula is C12H11F2NO. The standard InChI is InChI=1S/C12H11F2NO/c1-8(12-3-2-4-16-12)15-11-6-9(13)5-10(14)7-11/h2-8,15H,1H3. The van der Waals surface area contributed by atoms with E-state index in [0.29, 0.717) is 11.4 Å². The van der Waals surface area contributed by atoms with Crippen LogP contribution in [0, 0.1) is 11.6 Å². The van der Waals surface area contributed by atoms with Crippen molar-refractivity contribution < 1.29 is 13.2 Å². The average molecular weight is 223 g/mol. The molecule has 0 aliphatic carbocycles. The number of rotatable bonds is 3. The normalized spacial score (nSPS) is 12.4. The largest absolute Gasteiger partial charge is 0.467 e. The minimum Gasteiger partial charge on any atom is -0.467 e. The molecule has 0 saturated carbocycles. The third-order valence-electron chi connectivity index (χ3n) is 2.22. The molecule has 0 saturated heterocycles. The average Bonchev–Trinajstić information content (AvgIpc) is 2.68. The summed E-state index contributed by atoms with van der Waals surface area (Å²) in [5.41, 5.74) is 0.390. The highest BCUT2D eigenvalue weighted by molar-refractivity contribution is 5.45. The Morgan fingerprint density at radius 3 is 2.44 bits per heavy atom. The molecule has 1 N–H and O–H groups in total. The zero-order chi connectivity index (χ0) is 11.5. The second-order valence-electron chi connectivity index (χ2n) is 3.54. The molecule has 0 aliphatic heterocycles. The first-order valence-corrected chi connectivity index (χ1v) is 4.91. The van der Waals surface area contributed by atoms with Gasteiger partial charge in [0.2, 0.25) is 0 Å². The first-order valence-electron chi connectivity index (χ1n) is 4.91. The van der Waals surface area contributed by atoms with Gasteiger partial charge in [0, 0.05) is 11.8 Å². The van der Waals surface area contributed by atoms with Gasteiger partial charge in [0.1, 0.15) is 17.4 Å². The van der Waals surface area contributed by atoms with Crippen LogP contribution in [0.5, 0.6) is 0 Å². The first kappa shape index (κ1) is 10.7. The molecule has 2 aromatic rings. The van der Waals surface area contributed by atoms with E-state index in [1.807, 2.05) is 6.92 Å². The van der Waals surface area contributed by atoms with Crippen LogP contribution >= 0.6 is 0 Å². The lowest BCUT2D eigenvalue weighted by Gasteiger charge is -2.12. The van der Waals surface area contributed by atoms with Gasteiger partial charge in [-0.15, -0.1) is 0 Å². The number of hydrogen-bond donors (Lipinski definition) is 1. The van der Waals surface area contributed by atoms with E-state index in [9.17, 15) is 8.78 Å². The van der Waals surface area contributed by atoms with Crippen LogP contribution in [0.2, 0.25) is 0 Å². The quantitative estimate of drug-likeness (QED) is 0.857. The van der Waals surface area contributed by atoms with Gasteiger partial charge >= 0.3 is 0 Å². The number of benzene rings is 1. The Morgan fingerprint density at radius 2 is 1.88 bits per heavy atom. The highest BCUT2D eigenvalue weighted by Gasteiger charge is 2.09. The molecule has 0 spiro atoms. The van der Waals surface area contributed by atoms with Crippen LogP contribution in [0.3, 0.4) is 0 Å². The Hall–Kier alpha value is -1.84. The predicted molar refractivity (Wildman–Crippen MR) is 57.1 cm³/mol. The summed E-state index contributed by atoms with van der Waals surface area (Å²) in [6.45, 7) is 1.85. The molecule has 1 heterocycles. The highest BCUT2D eigenvalue weighted by atomic mass is 19.1. The van der Waals surface area contributed by atoms with Crippen molar-refractivity contribution in [2.75, 3.05) is 5.32 Å². The topological polar surface area (TPSA) is 25.2 Å². The van der Waals surface area contributed by atoms with Crippen LogP contribution < -0.4 is 5.32 Å². The zero-order valence-corrected chi connectivity index (χ0v) is 8.71. The minimum absolute atomic E-state index is 0.142. The third-order valence-corrected chi connectivity index (χ3v) is 2.22. The molecule has 84 valence electrons. The van der Waals surface area contributed by atoms with Crippen LogP contribution in [0.15, 0.2) is 41.0 Å². The van der Waals surface area contributed by atoms with Gasteiger partial charge < -0.3 is 9.73 Å². The molecule has 0 aliphatic rings. The van der Waals surface area contributed by atoms with E-state index in [0.717, 1.165) is 6.07 Å². The van der Waals surface area contributed by atoms with Gasteiger partial charge in [-0.1, -0.05) is 0 Å². The van der Waals surface area contributed by atoms with Crippen molar-refractivity contribution in [1.29, 1.82) is 0 Å². The van der Waals surface area contributed by atoms with Crippen molar-refractivity contribution in [1.82, 2.24) is 0 Å². The van der Waals surface area contributed by atoms with Gasteiger partial charge in [0.05, 0.1) is 12.3 Å². The molecular weight excluding hydrogens is 212 g/mol. The van der Waals surface area contributed by atoms with E-state index in [2.05, 4.69) is 5.32 Å².